The molecule has 0 atom stereocenters. The van der Waals surface area contributed by atoms with Crippen LogP contribution in [0.25, 0.3) is 0 Å². The number of amides is 2. The van der Waals surface area contributed by atoms with E-state index in [9.17, 15) is 9.59 Å². The van der Waals surface area contributed by atoms with Gasteiger partial charge in [-0.1, -0.05) is 0 Å². The van der Waals surface area contributed by atoms with Gasteiger partial charge < -0.3 is 21.3 Å². The normalized spacial score (nSPS) is 10.2. The zero-order valence-corrected chi connectivity index (χ0v) is 10.1. The Morgan fingerprint density at radius 1 is 1.12 bits per heavy atom. The summed E-state index contributed by atoms with van der Waals surface area (Å²) in [6, 6.07) is 0. The number of nitrogens with two attached hydrogens (primary N) is 1. The molecular formula is C10H22N4O2. The summed E-state index contributed by atoms with van der Waals surface area (Å²) >= 11 is 0. The smallest absolute Gasteiger partial charge is 0.239 e. The lowest BCUT2D eigenvalue weighted by Gasteiger charge is -2.09. The van der Waals surface area contributed by atoms with Crippen molar-refractivity contribution in [2.75, 3.05) is 40.3 Å². The minimum atomic E-state index is -0.317. The quantitative estimate of drug-likeness (QED) is 0.444. The Labute approximate surface area is 96.5 Å². The van der Waals surface area contributed by atoms with Gasteiger partial charge in [0.25, 0.3) is 0 Å². The number of rotatable bonds is 8. The third-order valence-electron chi connectivity index (χ3n) is 1.99. The van der Waals surface area contributed by atoms with Gasteiger partial charge in [0.1, 0.15) is 0 Å². The van der Waals surface area contributed by atoms with Crippen LogP contribution in [0.3, 0.4) is 0 Å². The minimum absolute atomic E-state index is 0.00368. The molecule has 0 aliphatic heterocycles. The molecule has 0 bridgehead atoms. The maximum absolute atomic E-state index is 11.2. The van der Waals surface area contributed by atoms with E-state index in [4.69, 9.17) is 5.73 Å². The number of hydrogen-bond donors (Lipinski definition) is 3. The fraction of sp³-hybridized carbons (Fsp3) is 0.800. The highest BCUT2D eigenvalue weighted by Crippen LogP contribution is 1.88. The maximum atomic E-state index is 11.2. The van der Waals surface area contributed by atoms with Gasteiger partial charge in [-0.15, -0.1) is 0 Å². The van der Waals surface area contributed by atoms with Crippen molar-refractivity contribution in [3.05, 3.63) is 0 Å². The number of carbonyl (C=O) groups is 2. The average molecular weight is 230 g/mol. The third-order valence-corrected chi connectivity index (χ3v) is 1.99. The fourth-order valence-corrected chi connectivity index (χ4v) is 1.09. The van der Waals surface area contributed by atoms with Crippen LogP contribution in [-0.4, -0.2) is 57.0 Å². The van der Waals surface area contributed by atoms with Crippen LogP contribution in [0.15, 0.2) is 0 Å². The first kappa shape index (κ1) is 14.9. The zero-order chi connectivity index (χ0) is 12.4. The summed E-state index contributed by atoms with van der Waals surface area (Å²) in [5.41, 5.74) is 5.08. The molecule has 0 heterocycles. The van der Waals surface area contributed by atoms with Crippen LogP contribution in [-0.2, 0) is 9.59 Å². The van der Waals surface area contributed by atoms with Crippen LogP contribution in [0.2, 0.25) is 0 Å². The van der Waals surface area contributed by atoms with Crippen LogP contribution in [0.4, 0.5) is 0 Å². The molecule has 0 rings (SSSR count). The summed E-state index contributed by atoms with van der Waals surface area (Å²) in [6.07, 6.45) is 1.98. The molecule has 0 saturated carbocycles. The molecule has 4 N–H and O–H groups in total. The van der Waals surface area contributed by atoms with Gasteiger partial charge in [0, 0.05) is 6.54 Å². The van der Waals surface area contributed by atoms with E-state index in [1.807, 2.05) is 14.1 Å². The van der Waals surface area contributed by atoms with Gasteiger partial charge in [-0.25, -0.2) is 0 Å². The second kappa shape index (κ2) is 9.11. The van der Waals surface area contributed by atoms with Crippen LogP contribution in [0.5, 0.6) is 0 Å². The highest BCUT2D eigenvalue weighted by molar-refractivity contribution is 5.85. The van der Waals surface area contributed by atoms with Crippen molar-refractivity contribution >= 4 is 11.8 Å². The van der Waals surface area contributed by atoms with E-state index in [-0.39, 0.29) is 24.9 Å². The molecule has 2 amide bonds. The molecule has 0 spiro atoms. The Morgan fingerprint density at radius 2 is 1.81 bits per heavy atom. The Morgan fingerprint density at radius 3 is 2.38 bits per heavy atom. The summed E-state index contributed by atoms with van der Waals surface area (Å²) < 4.78 is 0. The van der Waals surface area contributed by atoms with Gasteiger partial charge in [-0.3, -0.25) is 9.59 Å². The van der Waals surface area contributed by atoms with Crippen LogP contribution < -0.4 is 16.4 Å². The highest BCUT2D eigenvalue weighted by Gasteiger charge is 2.02. The lowest BCUT2D eigenvalue weighted by molar-refractivity contribution is -0.125. The van der Waals surface area contributed by atoms with Gasteiger partial charge in [-0.05, 0) is 33.5 Å². The third kappa shape index (κ3) is 9.42. The molecule has 0 aromatic rings. The summed E-state index contributed by atoms with van der Waals surface area (Å²) in [4.78, 5) is 24.0. The van der Waals surface area contributed by atoms with E-state index in [1.165, 1.54) is 0 Å². The Bertz CT molecular complexity index is 219. The zero-order valence-electron chi connectivity index (χ0n) is 10.1. The number of hydrogen-bond acceptors (Lipinski definition) is 4. The second-order valence-electron chi connectivity index (χ2n) is 3.84. The lowest BCUT2D eigenvalue weighted by atomic mass is 10.3. The van der Waals surface area contributed by atoms with Crippen molar-refractivity contribution in [1.82, 2.24) is 15.5 Å². The van der Waals surface area contributed by atoms with Crippen LogP contribution in [0.1, 0.15) is 12.8 Å². The van der Waals surface area contributed by atoms with E-state index < -0.39 is 0 Å². The molecule has 16 heavy (non-hydrogen) atoms. The summed E-state index contributed by atoms with van der Waals surface area (Å²) in [6.45, 7) is 1.57. The molecule has 6 heteroatoms. The Hall–Kier alpha value is -1.14. The molecule has 6 nitrogen and oxygen atoms in total. The molecule has 0 saturated heterocycles. The minimum Gasteiger partial charge on any atom is -0.355 e. The predicted octanol–water partition coefficient (Wildman–Crippen LogP) is -1.48. The van der Waals surface area contributed by atoms with Crippen molar-refractivity contribution in [3.63, 3.8) is 0 Å². The molecule has 0 aliphatic carbocycles. The molecule has 0 radical (unpaired) electrons. The molecule has 94 valence electrons. The van der Waals surface area contributed by atoms with Gasteiger partial charge in [0.05, 0.1) is 13.1 Å². The predicted molar refractivity (Wildman–Crippen MR) is 62.9 cm³/mol. The first-order valence-electron chi connectivity index (χ1n) is 5.44. The van der Waals surface area contributed by atoms with Gasteiger partial charge >= 0.3 is 0 Å². The summed E-state index contributed by atoms with van der Waals surface area (Å²) in [5, 5.41) is 5.13. The van der Waals surface area contributed by atoms with Crippen molar-refractivity contribution in [1.29, 1.82) is 0 Å². The van der Waals surface area contributed by atoms with E-state index in [0.29, 0.717) is 6.54 Å². The standard InChI is InChI=1S/C10H22N4O2/c1-14(2)6-4-3-5-12-10(16)8-13-9(15)7-11/h3-8,11H2,1-2H3,(H,12,16)(H,13,15). The molecule has 0 fully saturated rings. The lowest BCUT2D eigenvalue weighted by Crippen LogP contribution is -2.39. The number of carbonyl (C=O) groups excluding carboxylic acids is 2. The average Bonchev–Trinajstić information content (AvgIpc) is 2.24. The molecular weight excluding hydrogens is 208 g/mol. The van der Waals surface area contributed by atoms with E-state index in [1.54, 1.807) is 0 Å². The Kier molecular flexibility index (Phi) is 8.46. The van der Waals surface area contributed by atoms with E-state index in [0.717, 1.165) is 19.4 Å². The van der Waals surface area contributed by atoms with Crippen molar-refractivity contribution in [2.24, 2.45) is 5.73 Å². The maximum Gasteiger partial charge on any atom is 0.239 e. The van der Waals surface area contributed by atoms with Crippen molar-refractivity contribution in [3.8, 4) is 0 Å². The van der Waals surface area contributed by atoms with E-state index >= 15 is 0 Å². The van der Waals surface area contributed by atoms with Gasteiger partial charge in [0.15, 0.2) is 0 Å². The number of nitrogens with one attached hydrogen (secondary N) is 2. The SMILES string of the molecule is CN(C)CCCCNC(=O)CNC(=O)CN. The molecule has 0 aromatic carbocycles. The number of unbranched alkanes of at least 4 members (excludes halogenated alkanes) is 1. The summed E-state index contributed by atoms with van der Waals surface area (Å²) in [7, 11) is 4.03. The van der Waals surface area contributed by atoms with E-state index in [2.05, 4.69) is 15.5 Å². The van der Waals surface area contributed by atoms with Gasteiger partial charge in [0.2, 0.25) is 11.8 Å². The fourth-order valence-electron chi connectivity index (χ4n) is 1.09. The highest BCUT2D eigenvalue weighted by atomic mass is 16.2. The van der Waals surface area contributed by atoms with Crippen molar-refractivity contribution in [2.45, 2.75) is 12.8 Å². The monoisotopic (exact) mass is 230 g/mol. The first-order valence-corrected chi connectivity index (χ1v) is 5.44. The topological polar surface area (TPSA) is 87.5 Å². The largest absolute Gasteiger partial charge is 0.355 e. The Balaban J connectivity index is 3.34. The van der Waals surface area contributed by atoms with Crippen LogP contribution >= 0.6 is 0 Å². The molecule has 0 aromatic heterocycles. The van der Waals surface area contributed by atoms with Crippen molar-refractivity contribution < 1.29 is 9.59 Å². The number of nitrogens with zero attached hydrogens (tertiary/aromatic N) is 1. The van der Waals surface area contributed by atoms with Crippen LogP contribution in [0, 0.1) is 0 Å². The molecule has 0 aliphatic rings. The molecule has 0 unspecified atom stereocenters. The van der Waals surface area contributed by atoms with Gasteiger partial charge in [-0.2, -0.15) is 0 Å². The first-order chi connectivity index (χ1) is 7.56. The second-order valence-corrected chi connectivity index (χ2v) is 3.84. The summed E-state index contributed by atoms with van der Waals surface area (Å²) in [5.74, 6) is -0.491.